The third kappa shape index (κ3) is 4.04. The minimum absolute atomic E-state index is 0.0275. The van der Waals surface area contributed by atoms with E-state index in [1.165, 1.54) is 6.42 Å². The standard InChI is InChI=1S/C12H21NO2/c1-9(2)7-12(15)13-11-6-4-3-5-10(11)8-14/h7,10-11,14H,3-6,8H2,1-2H3,(H,13,15). The van der Waals surface area contributed by atoms with Crippen molar-refractivity contribution >= 4 is 5.91 Å². The first-order chi connectivity index (χ1) is 7.13. The number of rotatable bonds is 3. The van der Waals surface area contributed by atoms with Crippen LogP contribution in [0.3, 0.4) is 0 Å². The molecule has 1 saturated carbocycles. The summed E-state index contributed by atoms with van der Waals surface area (Å²) in [5.41, 5.74) is 1.00. The smallest absolute Gasteiger partial charge is 0.244 e. The number of hydrogen-bond acceptors (Lipinski definition) is 2. The molecule has 1 aliphatic rings. The van der Waals surface area contributed by atoms with E-state index < -0.39 is 0 Å². The fourth-order valence-electron chi connectivity index (χ4n) is 2.10. The van der Waals surface area contributed by atoms with Crippen LogP contribution in [0.5, 0.6) is 0 Å². The Balaban J connectivity index is 2.48. The van der Waals surface area contributed by atoms with Crippen molar-refractivity contribution in [1.82, 2.24) is 5.32 Å². The summed E-state index contributed by atoms with van der Waals surface area (Å²) in [6, 6.07) is 0.159. The largest absolute Gasteiger partial charge is 0.396 e. The SMILES string of the molecule is CC(C)=CC(=O)NC1CCCCC1CO. The van der Waals surface area contributed by atoms with Crippen molar-refractivity contribution in [3.8, 4) is 0 Å². The van der Waals surface area contributed by atoms with E-state index in [1.807, 2.05) is 13.8 Å². The lowest BCUT2D eigenvalue weighted by atomic mass is 9.85. The average Bonchev–Trinajstić information content (AvgIpc) is 2.17. The molecular weight excluding hydrogens is 190 g/mol. The van der Waals surface area contributed by atoms with Crippen molar-refractivity contribution in [2.45, 2.75) is 45.6 Å². The summed E-state index contributed by atoms with van der Waals surface area (Å²) < 4.78 is 0. The van der Waals surface area contributed by atoms with Crippen molar-refractivity contribution < 1.29 is 9.90 Å². The Morgan fingerprint density at radius 1 is 1.40 bits per heavy atom. The van der Waals surface area contributed by atoms with E-state index in [9.17, 15) is 9.90 Å². The molecule has 0 bridgehead atoms. The molecule has 86 valence electrons. The molecule has 1 amide bonds. The van der Waals surface area contributed by atoms with Crippen LogP contribution in [0.1, 0.15) is 39.5 Å². The molecule has 0 aromatic carbocycles. The van der Waals surface area contributed by atoms with E-state index in [0.717, 1.165) is 24.8 Å². The molecule has 2 unspecified atom stereocenters. The first-order valence-electron chi connectivity index (χ1n) is 5.69. The summed E-state index contributed by atoms with van der Waals surface area (Å²) in [4.78, 5) is 11.5. The second-order valence-corrected chi connectivity index (χ2v) is 4.56. The Kier molecular flexibility index (Phi) is 4.82. The highest BCUT2D eigenvalue weighted by molar-refractivity contribution is 5.88. The molecule has 15 heavy (non-hydrogen) atoms. The van der Waals surface area contributed by atoms with Crippen molar-refractivity contribution in [3.63, 3.8) is 0 Å². The van der Waals surface area contributed by atoms with Crippen LogP contribution in [0, 0.1) is 5.92 Å². The Morgan fingerprint density at radius 2 is 2.07 bits per heavy atom. The number of amides is 1. The third-order valence-electron chi connectivity index (χ3n) is 2.89. The van der Waals surface area contributed by atoms with E-state index in [1.54, 1.807) is 6.08 Å². The molecule has 0 heterocycles. The van der Waals surface area contributed by atoms with Crippen LogP contribution >= 0.6 is 0 Å². The van der Waals surface area contributed by atoms with Gasteiger partial charge in [0.15, 0.2) is 0 Å². The molecule has 1 aliphatic carbocycles. The lowest BCUT2D eigenvalue weighted by Crippen LogP contribution is -2.42. The molecule has 3 nitrogen and oxygen atoms in total. The molecule has 3 heteroatoms. The first-order valence-corrected chi connectivity index (χ1v) is 5.69. The minimum atomic E-state index is -0.0275. The monoisotopic (exact) mass is 211 g/mol. The summed E-state index contributed by atoms with van der Waals surface area (Å²) >= 11 is 0. The van der Waals surface area contributed by atoms with Gasteiger partial charge in [0, 0.05) is 24.6 Å². The van der Waals surface area contributed by atoms with Crippen LogP contribution in [0.4, 0.5) is 0 Å². The molecule has 1 fully saturated rings. The van der Waals surface area contributed by atoms with Gasteiger partial charge in [-0.3, -0.25) is 4.79 Å². The Morgan fingerprint density at radius 3 is 2.67 bits per heavy atom. The lowest BCUT2D eigenvalue weighted by Gasteiger charge is -2.30. The predicted octanol–water partition coefficient (Wildman–Crippen LogP) is 1.62. The van der Waals surface area contributed by atoms with Gasteiger partial charge < -0.3 is 10.4 Å². The van der Waals surface area contributed by atoms with Gasteiger partial charge in [-0.15, -0.1) is 0 Å². The van der Waals surface area contributed by atoms with Crippen molar-refractivity contribution in [2.75, 3.05) is 6.61 Å². The zero-order valence-corrected chi connectivity index (χ0v) is 9.62. The minimum Gasteiger partial charge on any atom is -0.396 e. The third-order valence-corrected chi connectivity index (χ3v) is 2.89. The summed E-state index contributed by atoms with van der Waals surface area (Å²) in [7, 11) is 0. The molecule has 0 aromatic heterocycles. The predicted molar refractivity (Wildman–Crippen MR) is 60.4 cm³/mol. The Bertz CT molecular complexity index is 244. The number of carbonyl (C=O) groups is 1. The number of hydrogen-bond donors (Lipinski definition) is 2. The van der Waals surface area contributed by atoms with Crippen molar-refractivity contribution in [1.29, 1.82) is 0 Å². The maximum absolute atomic E-state index is 11.5. The summed E-state index contributed by atoms with van der Waals surface area (Å²) in [5.74, 6) is 0.216. The van der Waals surface area contributed by atoms with Gasteiger partial charge in [0.1, 0.15) is 0 Å². The van der Waals surface area contributed by atoms with Gasteiger partial charge >= 0.3 is 0 Å². The highest BCUT2D eigenvalue weighted by Crippen LogP contribution is 2.23. The first kappa shape index (κ1) is 12.2. The summed E-state index contributed by atoms with van der Waals surface area (Å²) in [5, 5.41) is 12.2. The van der Waals surface area contributed by atoms with Crippen LogP contribution in [-0.2, 0) is 4.79 Å². The molecule has 2 N–H and O–H groups in total. The molecule has 1 rings (SSSR count). The number of aliphatic hydroxyl groups is 1. The summed E-state index contributed by atoms with van der Waals surface area (Å²) in [6.45, 7) is 3.99. The molecular formula is C12H21NO2. The van der Waals surface area contributed by atoms with Gasteiger partial charge in [-0.05, 0) is 26.7 Å². The van der Waals surface area contributed by atoms with Gasteiger partial charge in [0.05, 0.1) is 0 Å². The Labute approximate surface area is 91.6 Å². The highest BCUT2D eigenvalue weighted by atomic mass is 16.3. The van der Waals surface area contributed by atoms with E-state index in [4.69, 9.17) is 0 Å². The number of carbonyl (C=O) groups excluding carboxylic acids is 1. The molecule has 2 atom stereocenters. The molecule has 0 aliphatic heterocycles. The van der Waals surface area contributed by atoms with Crippen LogP contribution in [0.2, 0.25) is 0 Å². The average molecular weight is 211 g/mol. The van der Waals surface area contributed by atoms with E-state index in [0.29, 0.717) is 0 Å². The molecule has 0 spiro atoms. The van der Waals surface area contributed by atoms with E-state index in [2.05, 4.69) is 5.32 Å². The fourth-order valence-corrected chi connectivity index (χ4v) is 2.10. The molecule has 0 radical (unpaired) electrons. The van der Waals surface area contributed by atoms with Gasteiger partial charge in [0.2, 0.25) is 5.91 Å². The van der Waals surface area contributed by atoms with E-state index >= 15 is 0 Å². The highest BCUT2D eigenvalue weighted by Gasteiger charge is 2.25. The van der Waals surface area contributed by atoms with Gasteiger partial charge in [-0.25, -0.2) is 0 Å². The molecule has 0 aromatic rings. The Hall–Kier alpha value is -0.830. The maximum atomic E-state index is 11.5. The van der Waals surface area contributed by atoms with Gasteiger partial charge in [0.25, 0.3) is 0 Å². The zero-order valence-electron chi connectivity index (χ0n) is 9.62. The fraction of sp³-hybridized carbons (Fsp3) is 0.750. The zero-order chi connectivity index (χ0) is 11.3. The lowest BCUT2D eigenvalue weighted by molar-refractivity contribution is -0.117. The topological polar surface area (TPSA) is 49.3 Å². The van der Waals surface area contributed by atoms with Crippen LogP contribution in [0.15, 0.2) is 11.6 Å². The van der Waals surface area contributed by atoms with Gasteiger partial charge in [-0.2, -0.15) is 0 Å². The maximum Gasteiger partial charge on any atom is 0.244 e. The van der Waals surface area contributed by atoms with Crippen LogP contribution in [0.25, 0.3) is 0 Å². The van der Waals surface area contributed by atoms with Crippen LogP contribution in [-0.4, -0.2) is 23.7 Å². The van der Waals surface area contributed by atoms with Crippen LogP contribution < -0.4 is 5.32 Å². The number of nitrogens with one attached hydrogen (secondary N) is 1. The molecule has 0 saturated heterocycles. The summed E-state index contributed by atoms with van der Waals surface area (Å²) in [6.07, 6.45) is 5.95. The number of allylic oxidation sites excluding steroid dienone is 1. The quantitative estimate of drug-likeness (QED) is 0.697. The van der Waals surface area contributed by atoms with Gasteiger partial charge in [-0.1, -0.05) is 18.4 Å². The van der Waals surface area contributed by atoms with Crippen molar-refractivity contribution in [3.05, 3.63) is 11.6 Å². The normalized spacial score (nSPS) is 25.8. The second-order valence-electron chi connectivity index (χ2n) is 4.56. The van der Waals surface area contributed by atoms with Crippen molar-refractivity contribution in [2.24, 2.45) is 5.92 Å². The second kappa shape index (κ2) is 5.91. The number of aliphatic hydroxyl groups excluding tert-OH is 1. The van der Waals surface area contributed by atoms with E-state index in [-0.39, 0.29) is 24.5 Å².